The van der Waals surface area contributed by atoms with Gasteiger partial charge >= 0.3 is 0 Å². The normalized spacial score (nSPS) is 10.4. The number of amides is 1. The first-order valence-electron chi connectivity index (χ1n) is 7.42. The lowest BCUT2D eigenvalue weighted by Gasteiger charge is -2.15. The molecule has 24 heavy (non-hydrogen) atoms. The Morgan fingerprint density at radius 3 is 2.54 bits per heavy atom. The molecule has 0 unspecified atom stereocenters. The lowest BCUT2D eigenvalue weighted by atomic mass is 10.3. The molecule has 3 rings (SSSR count). The number of benzene rings is 1. The highest BCUT2D eigenvalue weighted by Crippen LogP contribution is 2.13. The van der Waals surface area contributed by atoms with Crippen LogP contribution in [0.25, 0.3) is 0 Å². The smallest absolute Gasteiger partial charge is 0.257 e. The van der Waals surface area contributed by atoms with Gasteiger partial charge in [-0.2, -0.15) is 0 Å². The molecule has 2 heterocycles. The van der Waals surface area contributed by atoms with Crippen LogP contribution in [0.2, 0.25) is 0 Å². The Kier molecular flexibility index (Phi) is 4.81. The average molecular weight is 339 g/mol. The van der Waals surface area contributed by atoms with Crippen LogP contribution in [0.15, 0.2) is 48.1 Å². The second-order valence-electron chi connectivity index (χ2n) is 5.31. The Balaban J connectivity index is 1.65. The summed E-state index contributed by atoms with van der Waals surface area (Å²) in [7, 11) is 1.74. The van der Waals surface area contributed by atoms with Crippen LogP contribution < -0.4 is 5.32 Å². The van der Waals surface area contributed by atoms with Crippen molar-refractivity contribution in [2.24, 2.45) is 0 Å². The lowest BCUT2D eigenvalue weighted by molar-refractivity contribution is 0.0783. The van der Waals surface area contributed by atoms with E-state index in [0.717, 1.165) is 16.4 Å². The van der Waals surface area contributed by atoms with Crippen molar-refractivity contribution in [3.63, 3.8) is 0 Å². The second-order valence-corrected chi connectivity index (χ2v) is 6.37. The van der Waals surface area contributed by atoms with E-state index >= 15 is 0 Å². The summed E-state index contributed by atoms with van der Waals surface area (Å²) < 4.78 is 0. The maximum atomic E-state index is 12.4. The summed E-state index contributed by atoms with van der Waals surface area (Å²) in [5.41, 5.74) is 2.23. The van der Waals surface area contributed by atoms with Gasteiger partial charge in [-0.15, -0.1) is 11.3 Å². The van der Waals surface area contributed by atoms with Crippen molar-refractivity contribution in [3.8, 4) is 0 Å². The van der Waals surface area contributed by atoms with E-state index in [1.807, 2.05) is 42.6 Å². The lowest BCUT2D eigenvalue weighted by Crippen LogP contribution is -2.26. The number of anilines is 2. The third-order valence-electron chi connectivity index (χ3n) is 3.34. The number of nitrogens with one attached hydrogen (secondary N) is 1. The first-order chi connectivity index (χ1) is 11.6. The number of aryl methyl sites for hydroxylation is 1. The third-order valence-corrected chi connectivity index (χ3v) is 4.16. The van der Waals surface area contributed by atoms with Crippen LogP contribution >= 0.6 is 11.3 Å². The van der Waals surface area contributed by atoms with Crippen molar-refractivity contribution in [1.29, 1.82) is 0 Å². The predicted octanol–water partition coefficient (Wildman–Crippen LogP) is 3.26. The van der Waals surface area contributed by atoms with E-state index in [1.54, 1.807) is 23.3 Å². The topological polar surface area (TPSA) is 71.0 Å². The number of rotatable bonds is 5. The van der Waals surface area contributed by atoms with Gasteiger partial charge in [-0.25, -0.2) is 15.0 Å². The molecule has 0 saturated carbocycles. The quantitative estimate of drug-likeness (QED) is 0.772. The fourth-order valence-corrected chi connectivity index (χ4v) is 2.77. The molecule has 0 aliphatic carbocycles. The van der Waals surface area contributed by atoms with Gasteiger partial charge in [0.2, 0.25) is 5.95 Å². The van der Waals surface area contributed by atoms with E-state index in [-0.39, 0.29) is 5.91 Å². The molecule has 1 amide bonds. The minimum Gasteiger partial charge on any atom is -0.336 e. The highest BCUT2D eigenvalue weighted by molar-refractivity contribution is 7.09. The largest absolute Gasteiger partial charge is 0.336 e. The van der Waals surface area contributed by atoms with E-state index in [2.05, 4.69) is 20.3 Å². The minimum absolute atomic E-state index is 0.132. The summed E-state index contributed by atoms with van der Waals surface area (Å²) in [6.07, 6.45) is 3.06. The van der Waals surface area contributed by atoms with Crippen molar-refractivity contribution in [2.75, 3.05) is 12.4 Å². The SMILES string of the molecule is Cc1nc(CN(C)C(=O)c2cnc(Nc3ccccc3)nc2)cs1. The summed E-state index contributed by atoms with van der Waals surface area (Å²) in [6.45, 7) is 2.41. The Bertz CT molecular complexity index is 817. The number of hydrogen-bond acceptors (Lipinski definition) is 6. The first kappa shape index (κ1) is 16.1. The van der Waals surface area contributed by atoms with Crippen molar-refractivity contribution >= 4 is 28.9 Å². The minimum atomic E-state index is -0.132. The van der Waals surface area contributed by atoms with Crippen LogP contribution in [-0.4, -0.2) is 32.8 Å². The van der Waals surface area contributed by atoms with Gasteiger partial charge in [0.1, 0.15) is 0 Å². The number of hydrogen-bond donors (Lipinski definition) is 1. The molecule has 7 heteroatoms. The molecule has 0 fully saturated rings. The zero-order valence-corrected chi connectivity index (χ0v) is 14.2. The molecule has 1 aromatic carbocycles. The number of carbonyl (C=O) groups excluding carboxylic acids is 1. The molecule has 0 aliphatic heterocycles. The van der Waals surface area contributed by atoms with Crippen LogP contribution in [0.3, 0.4) is 0 Å². The highest BCUT2D eigenvalue weighted by atomic mass is 32.1. The molecule has 2 aromatic heterocycles. The summed E-state index contributed by atoms with van der Waals surface area (Å²) >= 11 is 1.57. The van der Waals surface area contributed by atoms with Gasteiger partial charge in [0, 0.05) is 30.5 Å². The zero-order valence-electron chi connectivity index (χ0n) is 13.4. The van der Waals surface area contributed by atoms with Gasteiger partial charge in [0.05, 0.1) is 22.8 Å². The number of thiazole rings is 1. The van der Waals surface area contributed by atoms with E-state index in [9.17, 15) is 4.79 Å². The van der Waals surface area contributed by atoms with Gasteiger partial charge in [-0.3, -0.25) is 4.79 Å². The molecule has 0 aliphatic rings. The van der Waals surface area contributed by atoms with Crippen molar-refractivity contribution in [1.82, 2.24) is 19.9 Å². The molecule has 0 saturated heterocycles. The maximum Gasteiger partial charge on any atom is 0.257 e. The Labute approximate surface area is 144 Å². The van der Waals surface area contributed by atoms with Crippen molar-refractivity contribution < 1.29 is 4.79 Å². The first-order valence-corrected chi connectivity index (χ1v) is 8.30. The molecular formula is C17H17N5OS. The summed E-state index contributed by atoms with van der Waals surface area (Å²) in [4.78, 5) is 26.8. The van der Waals surface area contributed by atoms with Gasteiger partial charge in [-0.05, 0) is 19.1 Å². The Hall–Kier alpha value is -2.80. The van der Waals surface area contributed by atoms with Crippen LogP contribution in [0.4, 0.5) is 11.6 Å². The van der Waals surface area contributed by atoms with Gasteiger partial charge in [-0.1, -0.05) is 18.2 Å². The summed E-state index contributed by atoms with van der Waals surface area (Å²) in [5, 5.41) is 6.04. The Morgan fingerprint density at radius 2 is 1.92 bits per heavy atom. The van der Waals surface area contributed by atoms with Crippen LogP contribution in [0.5, 0.6) is 0 Å². The fourth-order valence-electron chi connectivity index (χ4n) is 2.17. The monoisotopic (exact) mass is 339 g/mol. The number of nitrogens with zero attached hydrogens (tertiary/aromatic N) is 4. The van der Waals surface area contributed by atoms with Crippen LogP contribution in [-0.2, 0) is 6.54 Å². The van der Waals surface area contributed by atoms with Gasteiger partial charge in [0.15, 0.2) is 0 Å². The Morgan fingerprint density at radius 1 is 1.21 bits per heavy atom. The zero-order chi connectivity index (χ0) is 16.9. The van der Waals surface area contributed by atoms with Crippen molar-refractivity contribution in [3.05, 3.63) is 64.4 Å². The number of carbonyl (C=O) groups is 1. The predicted molar refractivity (Wildman–Crippen MR) is 94.4 cm³/mol. The number of para-hydroxylation sites is 1. The number of aromatic nitrogens is 3. The van der Waals surface area contributed by atoms with E-state index in [0.29, 0.717) is 18.1 Å². The molecule has 0 bridgehead atoms. The molecule has 1 N–H and O–H groups in total. The molecule has 0 radical (unpaired) electrons. The third kappa shape index (κ3) is 3.94. The summed E-state index contributed by atoms with van der Waals surface area (Å²) in [6, 6.07) is 9.64. The summed E-state index contributed by atoms with van der Waals surface area (Å²) in [5.74, 6) is 0.322. The molecule has 0 spiro atoms. The molecule has 122 valence electrons. The second kappa shape index (κ2) is 7.18. The van der Waals surface area contributed by atoms with E-state index in [1.165, 1.54) is 12.4 Å². The van der Waals surface area contributed by atoms with Crippen molar-refractivity contribution in [2.45, 2.75) is 13.5 Å². The average Bonchev–Trinajstić information content (AvgIpc) is 3.00. The molecule has 0 atom stereocenters. The van der Waals surface area contributed by atoms with Gasteiger partial charge in [0.25, 0.3) is 5.91 Å². The standard InChI is InChI=1S/C17H17N5OS/c1-12-20-15(11-24-12)10-22(2)16(23)13-8-18-17(19-9-13)21-14-6-4-3-5-7-14/h3-9,11H,10H2,1-2H3,(H,18,19,21). The molecular weight excluding hydrogens is 322 g/mol. The van der Waals surface area contributed by atoms with E-state index < -0.39 is 0 Å². The highest BCUT2D eigenvalue weighted by Gasteiger charge is 2.14. The van der Waals surface area contributed by atoms with Crippen LogP contribution in [0.1, 0.15) is 21.1 Å². The van der Waals surface area contributed by atoms with E-state index in [4.69, 9.17) is 0 Å². The fraction of sp³-hybridized carbons (Fsp3) is 0.176. The maximum absolute atomic E-state index is 12.4. The van der Waals surface area contributed by atoms with Crippen LogP contribution in [0, 0.1) is 6.92 Å². The molecule has 3 aromatic rings. The van der Waals surface area contributed by atoms with Gasteiger partial charge < -0.3 is 10.2 Å². The molecule has 6 nitrogen and oxygen atoms in total.